The average Bonchev–Trinajstić information content (AvgIpc) is 2.67. The van der Waals surface area contributed by atoms with Gasteiger partial charge in [0.1, 0.15) is 5.82 Å². The predicted molar refractivity (Wildman–Crippen MR) is 58.4 cm³/mol. The van der Waals surface area contributed by atoms with Gasteiger partial charge in [0.25, 0.3) is 0 Å². The number of aryl methyl sites for hydroxylation is 1. The minimum absolute atomic E-state index is 0.754. The van der Waals surface area contributed by atoms with Crippen LogP contribution in [-0.4, -0.2) is 9.97 Å². The van der Waals surface area contributed by atoms with Crippen LogP contribution in [0.25, 0.3) is 11.3 Å². The van der Waals surface area contributed by atoms with Crippen molar-refractivity contribution in [1.29, 1.82) is 0 Å². The van der Waals surface area contributed by atoms with Gasteiger partial charge >= 0.3 is 0 Å². The molecule has 3 heteroatoms. The van der Waals surface area contributed by atoms with Crippen molar-refractivity contribution in [3.63, 3.8) is 0 Å². The molecular weight excluding hydrogens is 196 g/mol. The van der Waals surface area contributed by atoms with Gasteiger partial charge in [-0.25, -0.2) is 4.98 Å². The lowest BCUT2D eigenvalue weighted by Gasteiger charge is -1.96. The molecule has 2 aromatic rings. The number of aromatic nitrogens is 2. The van der Waals surface area contributed by atoms with Crippen molar-refractivity contribution < 1.29 is 0 Å². The van der Waals surface area contributed by atoms with Crippen LogP contribution in [0.4, 0.5) is 0 Å². The summed E-state index contributed by atoms with van der Waals surface area (Å²) in [5, 5.41) is 0.754. The predicted octanol–water partition coefficient (Wildman–Crippen LogP) is 3.29. The molecule has 2 nitrogen and oxygen atoms in total. The van der Waals surface area contributed by atoms with Crippen LogP contribution in [0.15, 0.2) is 30.5 Å². The average molecular weight is 207 g/mol. The molecule has 0 bridgehead atoms. The zero-order valence-corrected chi connectivity index (χ0v) is 8.67. The molecule has 0 saturated carbocycles. The third kappa shape index (κ3) is 1.80. The summed E-state index contributed by atoms with van der Waals surface area (Å²) in [4.78, 5) is 7.49. The minimum atomic E-state index is 0.754. The number of H-pyrrole nitrogens is 1. The highest BCUT2D eigenvalue weighted by atomic mass is 35.5. The van der Waals surface area contributed by atoms with E-state index in [1.807, 2.05) is 30.5 Å². The van der Waals surface area contributed by atoms with E-state index in [9.17, 15) is 0 Å². The Hall–Kier alpha value is -1.28. The number of nitrogens with zero attached hydrogens (tertiary/aromatic N) is 1. The van der Waals surface area contributed by atoms with Crippen molar-refractivity contribution in [2.24, 2.45) is 0 Å². The second kappa shape index (κ2) is 3.84. The molecule has 1 aromatic carbocycles. The molecule has 14 heavy (non-hydrogen) atoms. The Labute approximate surface area is 88.0 Å². The number of halogens is 1. The number of rotatable bonds is 2. The van der Waals surface area contributed by atoms with E-state index in [1.165, 1.54) is 0 Å². The molecule has 0 aliphatic rings. The van der Waals surface area contributed by atoms with Crippen molar-refractivity contribution in [3.05, 3.63) is 41.3 Å². The first-order valence-electron chi connectivity index (χ1n) is 4.59. The van der Waals surface area contributed by atoms with Gasteiger partial charge in [0.05, 0.1) is 11.9 Å². The molecule has 1 heterocycles. The van der Waals surface area contributed by atoms with Crippen molar-refractivity contribution in [1.82, 2.24) is 9.97 Å². The van der Waals surface area contributed by atoms with Crippen LogP contribution >= 0.6 is 11.6 Å². The first-order valence-corrected chi connectivity index (χ1v) is 4.97. The second-order valence-corrected chi connectivity index (χ2v) is 3.54. The van der Waals surface area contributed by atoms with Gasteiger partial charge in [-0.15, -0.1) is 0 Å². The van der Waals surface area contributed by atoms with Crippen LogP contribution in [0, 0.1) is 0 Å². The summed E-state index contributed by atoms with van der Waals surface area (Å²) in [6.45, 7) is 2.07. The highest BCUT2D eigenvalue weighted by Crippen LogP contribution is 2.19. The second-order valence-electron chi connectivity index (χ2n) is 3.10. The lowest BCUT2D eigenvalue weighted by Crippen LogP contribution is -1.82. The van der Waals surface area contributed by atoms with Crippen molar-refractivity contribution in [3.8, 4) is 11.3 Å². The molecule has 1 N–H and O–H groups in total. The third-order valence-electron chi connectivity index (χ3n) is 2.12. The lowest BCUT2D eigenvalue weighted by atomic mass is 10.2. The normalized spacial score (nSPS) is 10.4. The van der Waals surface area contributed by atoms with E-state index in [-0.39, 0.29) is 0 Å². The first-order chi connectivity index (χ1) is 6.79. The molecule has 0 aliphatic carbocycles. The summed E-state index contributed by atoms with van der Waals surface area (Å²) in [5.41, 5.74) is 2.15. The summed E-state index contributed by atoms with van der Waals surface area (Å²) >= 11 is 5.81. The standard InChI is InChI=1S/C11H11ClN2/c1-2-11-13-7-10(14-11)8-3-5-9(12)6-4-8/h3-7H,2H2,1H3,(H,13,14). The smallest absolute Gasteiger partial charge is 0.106 e. The van der Waals surface area contributed by atoms with Gasteiger partial charge < -0.3 is 4.98 Å². The number of nitrogens with one attached hydrogen (secondary N) is 1. The zero-order valence-electron chi connectivity index (χ0n) is 7.92. The van der Waals surface area contributed by atoms with Gasteiger partial charge in [-0.1, -0.05) is 30.7 Å². The van der Waals surface area contributed by atoms with Crippen LogP contribution in [0.1, 0.15) is 12.7 Å². The van der Waals surface area contributed by atoms with Gasteiger partial charge in [-0.05, 0) is 17.7 Å². The topological polar surface area (TPSA) is 28.7 Å². The van der Waals surface area contributed by atoms with Crippen molar-refractivity contribution >= 4 is 11.6 Å². The summed E-state index contributed by atoms with van der Waals surface area (Å²) in [7, 11) is 0. The van der Waals surface area contributed by atoms with Crippen LogP contribution in [0.3, 0.4) is 0 Å². The molecule has 1 aromatic heterocycles. The summed E-state index contributed by atoms with van der Waals surface area (Å²) in [5.74, 6) is 1.01. The molecular formula is C11H11ClN2. The number of aromatic amines is 1. The third-order valence-corrected chi connectivity index (χ3v) is 2.37. The van der Waals surface area contributed by atoms with Gasteiger partial charge in [-0.2, -0.15) is 0 Å². The van der Waals surface area contributed by atoms with E-state index in [0.29, 0.717) is 0 Å². The Morgan fingerprint density at radius 3 is 2.57 bits per heavy atom. The maximum absolute atomic E-state index is 5.81. The Morgan fingerprint density at radius 2 is 2.00 bits per heavy atom. The molecule has 2 rings (SSSR count). The van der Waals surface area contributed by atoms with Crippen LogP contribution in [-0.2, 0) is 6.42 Å². The van der Waals surface area contributed by atoms with Crippen LogP contribution < -0.4 is 0 Å². The van der Waals surface area contributed by atoms with E-state index >= 15 is 0 Å². The van der Waals surface area contributed by atoms with Crippen molar-refractivity contribution in [2.45, 2.75) is 13.3 Å². The highest BCUT2D eigenvalue weighted by molar-refractivity contribution is 6.30. The van der Waals surface area contributed by atoms with Crippen LogP contribution in [0.5, 0.6) is 0 Å². The van der Waals surface area contributed by atoms with E-state index < -0.39 is 0 Å². The maximum atomic E-state index is 5.81. The molecule has 72 valence electrons. The largest absolute Gasteiger partial charge is 0.342 e. The molecule has 0 atom stereocenters. The molecule has 0 unspecified atom stereocenters. The van der Waals surface area contributed by atoms with Gasteiger partial charge in [0.15, 0.2) is 0 Å². The number of hydrogen-bond acceptors (Lipinski definition) is 1. The Morgan fingerprint density at radius 1 is 1.29 bits per heavy atom. The number of benzene rings is 1. The SMILES string of the molecule is CCc1ncc(-c2ccc(Cl)cc2)[nH]1. The lowest BCUT2D eigenvalue weighted by molar-refractivity contribution is 0.991. The molecule has 0 saturated heterocycles. The van der Waals surface area contributed by atoms with E-state index in [4.69, 9.17) is 11.6 Å². The highest BCUT2D eigenvalue weighted by Gasteiger charge is 2.00. The Kier molecular flexibility index (Phi) is 2.55. The molecule has 0 radical (unpaired) electrons. The number of imidazole rings is 1. The fourth-order valence-electron chi connectivity index (χ4n) is 1.32. The van der Waals surface area contributed by atoms with Gasteiger partial charge in [0, 0.05) is 11.4 Å². The molecule has 0 amide bonds. The van der Waals surface area contributed by atoms with E-state index in [1.54, 1.807) is 0 Å². The van der Waals surface area contributed by atoms with Gasteiger partial charge in [-0.3, -0.25) is 0 Å². The summed E-state index contributed by atoms with van der Waals surface area (Å²) < 4.78 is 0. The summed E-state index contributed by atoms with van der Waals surface area (Å²) in [6.07, 6.45) is 2.77. The molecule has 0 fully saturated rings. The quantitative estimate of drug-likeness (QED) is 0.803. The zero-order chi connectivity index (χ0) is 9.97. The Bertz CT molecular complexity index is 417. The van der Waals surface area contributed by atoms with Crippen LogP contribution in [0.2, 0.25) is 5.02 Å². The van der Waals surface area contributed by atoms with E-state index in [2.05, 4.69) is 16.9 Å². The van der Waals surface area contributed by atoms with Crippen molar-refractivity contribution in [2.75, 3.05) is 0 Å². The molecule has 0 spiro atoms. The minimum Gasteiger partial charge on any atom is -0.342 e. The monoisotopic (exact) mass is 206 g/mol. The fourth-order valence-corrected chi connectivity index (χ4v) is 1.44. The number of hydrogen-bond donors (Lipinski definition) is 1. The molecule has 0 aliphatic heterocycles. The Balaban J connectivity index is 2.34. The van der Waals surface area contributed by atoms with Gasteiger partial charge in [0.2, 0.25) is 0 Å². The maximum Gasteiger partial charge on any atom is 0.106 e. The first kappa shape index (κ1) is 9.28. The van der Waals surface area contributed by atoms with E-state index in [0.717, 1.165) is 28.5 Å². The summed E-state index contributed by atoms with van der Waals surface area (Å²) in [6, 6.07) is 7.72. The fraction of sp³-hybridized carbons (Fsp3) is 0.182.